The molecule has 2 amide bonds. The number of nitrogens with two attached hydrogens (primary N) is 1. The van der Waals surface area contributed by atoms with E-state index in [9.17, 15) is 9.59 Å². The molecule has 0 saturated carbocycles. The molecular formula is C21H21Cl2N7O2. The normalized spacial score (nSPS) is 13.9. The first-order valence-corrected chi connectivity index (χ1v) is 10.6. The molecule has 1 aliphatic heterocycles. The van der Waals surface area contributed by atoms with Gasteiger partial charge in [-0.3, -0.25) is 4.79 Å². The molecule has 1 unspecified atom stereocenters. The first-order chi connectivity index (χ1) is 15.3. The Balaban J connectivity index is 1.44. The lowest BCUT2D eigenvalue weighted by molar-refractivity contribution is 0.187. The number of pyridine rings is 1. The molecule has 32 heavy (non-hydrogen) atoms. The minimum absolute atomic E-state index is 0.109. The van der Waals surface area contributed by atoms with E-state index in [1.165, 1.54) is 10.6 Å². The van der Waals surface area contributed by atoms with Crippen LogP contribution in [0.5, 0.6) is 0 Å². The number of hydrogen-bond acceptors (Lipinski definition) is 6. The summed E-state index contributed by atoms with van der Waals surface area (Å²) in [6.07, 6.45) is 3.31. The molecule has 1 aliphatic rings. The summed E-state index contributed by atoms with van der Waals surface area (Å²) in [5.74, 6) is 0.386. The number of benzene rings is 1. The minimum Gasteiger partial charge on any atom is -0.323 e. The predicted molar refractivity (Wildman–Crippen MR) is 123 cm³/mol. The van der Waals surface area contributed by atoms with Crippen molar-refractivity contribution in [1.29, 1.82) is 0 Å². The van der Waals surface area contributed by atoms with Crippen LogP contribution in [0.3, 0.4) is 0 Å². The molecule has 0 radical (unpaired) electrons. The first kappa shape index (κ1) is 22.1. The summed E-state index contributed by atoms with van der Waals surface area (Å²) in [5, 5.41) is 6.66. The molecule has 3 aromatic rings. The van der Waals surface area contributed by atoms with Gasteiger partial charge in [-0.25, -0.2) is 14.8 Å². The van der Waals surface area contributed by atoms with E-state index < -0.39 is 6.17 Å². The van der Waals surface area contributed by atoms with E-state index in [0.717, 1.165) is 11.3 Å². The molecule has 1 atom stereocenters. The zero-order valence-corrected chi connectivity index (χ0v) is 18.7. The third-order valence-corrected chi connectivity index (χ3v) is 5.90. The first-order valence-electron chi connectivity index (χ1n) is 9.84. The summed E-state index contributed by atoms with van der Waals surface area (Å²) in [7, 11) is 1.67. The van der Waals surface area contributed by atoms with E-state index in [4.69, 9.17) is 28.9 Å². The van der Waals surface area contributed by atoms with Gasteiger partial charge in [0, 0.05) is 32.1 Å². The molecule has 4 N–H and O–H groups in total. The Morgan fingerprint density at radius 3 is 2.78 bits per heavy atom. The van der Waals surface area contributed by atoms with Gasteiger partial charge in [-0.1, -0.05) is 29.3 Å². The predicted octanol–water partition coefficient (Wildman–Crippen LogP) is 2.95. The van der Waals surface area contributed by atoms with Gasteiger partial charge in [0.15, 0.2) is 0 Å². The van der Waals surface area contributed by atoms with Crippen molar-refractivity contribution in [3.05, 3.63) is 79.9 Å². The summed E-state index contributed by atoms with van der Waals surface area (Å²) >= 11 is 12.0. The van der Waals surface area contributed by atoms with Crippen LogP contribution in [0.4, 0.5) is 16.4 Å². The van der Waals surface area contributed by atoms with Crippen molar-refractivity contribution in [2.75, 3.05) is 11.9 Å². The molecule has 0 spiro atoms. The standard InChI is InChI=1S/C21H21Cl2N7O2/c1-29-10-14(3-5-18(29)31)26-20-25-9-13-6-7-30(11-17(13)27-20)21(32)28-19(24)12-2-4-15(22)16(23)8-12/h2-5,8-10,19H,6-7,11,24H2,1H3,(H,28,32)(H,25,26,27). The fourth-order valence-corrected chi connectivity index (χ4v) is 3.65. The van der Waals surface area contributed by atoms with Gasteiger partial charge in [-0.15, -0.1) is 0 Å². The van der Waals surface area contributed by atoms with E-state index in [-0.39, 0.29) is 11.6 Å². The van der Waals surface area contributed by atoms with E-state index in [2.05, 4.69) is 20.6 Å². The van der Waals surface area contributed by atoms with Crippen molar-refractivity contribution < 1.29 is 4.79 Å². The number of rotatable bonds is 4. The van der Waals surface area contributed by atoms with Gasteiger partial charge < -0.3 is 25.8 Å². The van der Waals surface area contributed by atoms with Crippen molar-refractivity contribution >= 4 is 40.9 Å². The molecule has 2 aromatic heterocycles. The number of anilines is 2. The number of carbonyl (C=O) groups is 1. The van der Waals surface area contributed by atoms with Gasteiger partial charge in [0.05, 0.1) is 28.0 Å². The SMILES string of the molecule is Cn1cc(Nc2ncc3c(n2)CN(C(=O)NC(N)c2ccc(Cl)c(Cl)c2)CC3)ccc1=O. The van der Waals surface area contributed by atoms with Crippen LogP contribution in [-0.4, -0.2) is 32.0 Å². The molecule has 11 heteroatoms. The molecule has 0 fully saturated rings. The lowest BCUT2D eigenvalue weighted by Crippen LogP contribution is -2.46. The number of hydrogen-bond donors (Lipinski definition) is 3. The second-order valence-electron chi connectivity index (χ2n) is 7.43. The van der Waals surface area contributed by atoms with Crippen LogP contribution in [0, 0.1) is 0 Å². The average Bonchev–Trinajstić information content (AvgIpc) is 2.77. The lowest BCUT2D eigenvalue weighted by Gasteiger charge is -2.29. The van der Waals surface area contributed by atoms with Gasteiger partial charge in [-0.2, -0.15) is 0 Å². The summed E-state index contributed by atoms with van der Waals surface area (Å²) in [6, 6.07) is 7.80. The van der Waals surface area contributed by atoms with Crippen molar-refractivity contribution in [3.63, 3.8) is 0 Å². The lowest BCUT2D eigenvalue weighted by atomic mass is 10.1. The van der Waals surface area contributed by atoms with Gasteiger partial charge >= 0.3 is 6.03 Å². The maximum Gasteiger partial charge on any atom is 0.319 e. The fraction of sp³-hybridized carbons (Fsp3) is 0.238. The third kappa shape index (κ3) is 4.85. The summed E-state index contributed by atoms with van der Waals surface area (Å²) in [4.78, 5) is 34.9. The van der Waals surface area contributed by atoms with Crippen molar-refractivity contribution in [2.24, 2.45) is 12.8 Å². The molecule has 4 rings (SSSR count). The molecule has 0 saturated heterocycles. The molecule has 0 bridgehead atoms. The van der Waals surface area contributed by atoms with Crippen LogP contribution in [0.2, 0.25) is 10.0 Å². The number of halogens is 2. The number of amides is 2. The van der Waals surface area contributed by atoms with Gasteiger partial charge in [0.1, 0.15) is 6.17 Å². The zero-order valence-electron chi connectivity index (χ0n) is 17.2. The van der Waals surface area contributed by atoms with Crippen molar-refractivity contribution in [2.45, 2.75) is 19.1 Å². The van der Waals surface area contributed by atoms with E-state index in [1.807, 2.05) is 0 Å². The quantitative estimate of drug-likeness (QED) is 0.501. The summed E-state index contributed by atoms with van der Waals surface area (Å²) in [6.45, 7) is 0.837. The molecular weight excluding hydrogens is 453 g/mol. The highest BCUT2D eigenvalue weighted by atomic mass is 35.5. The maximum atomic E-state index is 12.8. The minimum atomic E-state index is -0.731. The van der Waals surface area contributed by atoms with Crippen LogP contribution < -0.4 is 21.9 Å². The van der Waals surface area contributed by atoms with Gasteiger partial charge in [0.2, 0.25) is 11.5 Å². The number of aromatic nitrogens is 3. The van der Waals surface area contributed by atoms with Crippen molar-refractivity contribution in [3.8, 4) is 0 Å². The average molecular weight is 474 g/mol. The van der Waals surface area contributed by atoms with E-state index in [0.29, 0.717) is 46.8 Å². The number of aryl methyl sites for hydroxylation is 1. The Hall–Kier alpha value is -3.14. The highest BCUT2D eigenvalue weighted by molar-refractivity contribution is 6.42. The Labute approximate surface area is 194 Å². The maximum absolute atomic E-state index is 12.8. The largest absolute Gasteiger partial charge is 0.323 e. The number of nitrogens with one attached hydrogen (secondary N) is 2. The highest BCUT2D eigenvalue weighted by Gasteiger charge is 2.24. The molecule has 1 aromatic carbocycles. The Morgan fingerprint density at radius 2 is 2.03 bits per heavy atom. The molecule has 9 nitrogen and oxygen atoms in total. The Morgan fingerprint density at radius 1 is 1.22 bits per heavy atom. The van der Waals surface area contributed by atoms with E-state index in [1.54, 1.807) is 48.6 Å². The number of urea groups is 1. The second-order valence-corrected chi connectivity index (χ2v) is 8.24. The topological polar surface area (TPSA) is 118 Å². The van der Waals surface area contributed by atoms with Gasteiger partial charge in [-0.05, 0) is 35.7 Å². The smallest absolute Gasteiger partial charge is 0.319 e. The van der Waals surface area contributed by atoms with Crippen LogP contribution >= 0.6 is 23.2 Å². The molecule has 3 heterocycles. The summed E-state index contributed by atoms with van der Waals surface area (Å²) < 4.78 is 1.46. The summed E-state index contributed by atoms with van der Waals surface area (Å²) in [5.41, 5.74) is 9.08. The molecule has 0 aliphatic carbocycles. The van der Waals surface area contributed by atoms with Gasteiger partial charge in [0.25, 0.3) is 0 Å². The Kier molecular flexibility index (Phi) is 6.31. The number of nitrogens with zero attached hydrogens (tertiary/aromatic N) is 4. The Bertz CT molecular complexity index is 1230. The van der Waals surface area contributed by atoms with Crippen LogP contribution in [0.25, 0.3) is 0 Å². The van der Waals surface area contributed by atoms with Crippen LogP contribution in [-0.2, 0) is 20.0 Å². The van der Waals surface area contributed by atoms with Crippen molar-refractivity contribution in [1.82, 2.24) is 24.8 Å². The second kappa shape index (κ2) is 9.15. The number of fused-ring (bicyclic) bond motifs is 1. The number of carbonyl (C=O) groups excluding carboxylic acids is 1. The third-order valence-electron chi connectivity index (χ3n) is 5.16. The van der Waals surface area contributed by atoms with E-state index >= 15 is 0 Å². The monoisotopic (exact) mass is 473 g/mol. The highest BCUT2D eigenvalue weighted by Crippen LogP contribution is 2.25. The molecule has 166 valence electrons. The zero-order chi connectivity index (χ0) is 22.8. The van der Waals surface area contributed by atoms with Crippen LogP contribution in [0.15, 0.2) is 47.5 Å². The fourth-order valence-electron chi connectivity index (χ4n) is 3.35. The van der Waals surface area contributed by atoms with Crippen LogP contribution in [0.1, 0.15) is 23.0 Å².